The standard InChI is InChI=1S/C14H14N4O2/c1-20-14(19)12-10-4-7-16-8-11(10)17-13(18-12)9-2-5-15-6-3-9/h2-3,5-6,16H,4,7-8H2,1H3. The molecule has 1 aliphatic heterocycles. The molecular formula is C14H14N4O2. The number of pyridine rings is 1. The lowest BCUT2D eigenvalue weighted by molar-refractivity contribution is 0.0592. The zero-order valence-corrected chi connectivity index (χ0v) is 11.1. The summed E-state index contributed by atoms with van der Waals surface area (Å²) in [5.41, 5.74) is 2.94. The molecule has 0 fully saturated rings. The minimum atomic E-state index is -0.416. The number of hydrogen-bond donors (Lipinski definition) is 1. The van der Waals surface area contributed by atoms with Crippen molar-refractivity contribution in [1.29, 1.82) is 0 Å². The van der Waals surface area contributed by atoms with Crippen LogP contribution in [0.15, 0.2) is 24.5 Å². The van der Waals surface area contributed by atoms with Crippen molar-refractivity contribution >= 4 is 5.97 Å². The number of aromatic nitrogens is 3. The van der Waals surface area contributed by atoms with E-state index in [4.69, 9.17) is 4.74 Å². The minimum Gasteiger partial charge on any atom is -0.464 e. The molecule has 0 aromatic carbocycles. The number of hydrogen-bond acceptors (Lipinski definition) is 6. The lowest BCUT2D eigenvalue weighted by atomic mass is 10.0. The van der Waals surface area contributed by atoms with E-state index >= 15 is 0 Å². The Labute approximate surface area is 116 Å². The Bertz CT molecular complexity index is 643. The van der Waals surface area contributed by atoms with E-state index < -0.39 is 5.97 Å². The Kier molecular flexibility index (Phi) is 3.39. The van der Waals surface area contributed by atoms with Gasteiger partial charge in [-0.1, -0.05) is 0 Å². The smallest absolute Gasteiger partial charge is 0.357 e. The molecule has 0 atom stereocenters. The van der Waals surface area contributed by atoms with Crippen molar-refractivity contribution in [2.24, 2.45) is 0 Å². The normalized spacial score (nSPS) is 13.7. The molecule has 6 nitrogen and oxygen atoms in total. The second kappa shape index (κ2) is 5.34. The van der Waals surface area contributed by atoms with Crippen molar-refractivity contribution in [3.05, 3.63) is 41.5 Å². The highest BCUT2D eigenvalue weighted by molar-refractivity contribution is 5.89. The number of rotatable bonds is 2. The van der Waals surface area contributed by atoms with Crippen molar-refractivity contribution in [3.8, 4) is 11.4 Å². The molecule has 1 N–H and O–H groups in total. The van der Waals surface area contributed by atoms with Crippen LogP contribution in [0, 0.1) is 0 Å². The fourth-order valence-electron chi connectivity index (χ4n) is 2.26. The van der Waals surface area contributed by atoms with Crippen molar-refractivity contribution in [3.63, 3.8) is 0 Å². The van der Waals surface area contributed by atoms with Crippen LogP contribution >= 0.6 is 0 Å². The number of esters is 1. The highest BCUT2D eigenvalue weighted by Crippen LogP contribution is 2.21. The van der Waals surface area contributed by atoms with E-state index in [2.05, 4.69) is 20.3 Å². The molecule has 0 spiro atoms. The summed E-state index contributed by atoms with van der Waals surface area (Å²) in [6.07, 6.45) is 4.08. The van der Waals surface area contributed by atoms with Crippen molar-refractivity contribution in [2.75, 3.05) is 13.7 Å². The first-order valence-corrected chi connectivity index (χ1v) is 6.39. The van der Waals surface area contributed by atoms with E-state index in [1.54, 1.807) is 12.4 Å². The topological polar surface area (TPSA) is 77.0 Å². The molecule has 0 bridgehead atoms. The number of nitrogens with one attached hydrogen (secondary N) is 1. The van der Waals surface area contributed by atoms with Crippen molar-refractivity contribution in [2.45, 2.75) is 13.0 Å². The highest BCUT2D eigenvalue weighted by Gasteiger charge is 2.22. The van der Waals surface area contributed by atoms with Gasteiger partial charge in [0, 0.05) is 30.1 Å². The molecule has 0 saturated heterocycles. The monoisotopic (exact) mass is 270 g/mol. The maximum Gasteiger partial charge on any atom is 0.357 e. The first-order valence-electron chi connectivity index (χ1n) is 6.39. The van der Waals surface area contributed by atoms with Gasteiger partial charge in [-0.3, -0.25) is 4.98 Å². The van der Waals surface area contributed by atoms with Crippen LogP contribution in [0.1, 0.15) is 21.7 Å². The van der Waals surface area contributed by atoms with Gasteiger partial charge in [0.25, 0.3) is 0 Å². The Morgan fingerprint density at radius 2 is 2.10 bits per heavy atom. The van der Waals surface area contributed by atoms with Crippen molar-refractivity contribution in [1.82, 2.24) is 20.3 Å². The SMILES string of the molecule is COC(=O)c1nc(-c2ccncc2)nc2c1CCNC2. The lowest BCUT2D eigenvalue weighted by Gasteiger charge is -2.19. The molecule has 2 aromatic rings. The van der Waals surface area contributed by atoms with Gasteiger partial charge in [-0.15, -0.1) is 0 Å². The number of ether oxygens (including phenoxy) is 1. The van der Waals surface area contributed by atoms with E-state index in [1.165, 1.54) is 7.11 Å². The summed E-state index contributed by atoms with van der Waals surface area (Å²) in [5, 5.41) is 3.25. The van der Waals surface area contributed by atoms with E-state index in [1.807, 2.05) is 12.1 Å². The Balaban J connectivity index is 2.15. The maximum atomic E-state index is 11.9. The van der Waals surface area contributed by atoms with Crippen LogP contribution in [0.2, 0.25) is 0 Å². The molecule has 0 unspecified atom stereocenters. The summed E-state index contributed by atoms with van der Waals surface area (Å²) in [4.78, 5) is 24.8. The largest absolute Gasteiger partial charge is 0.464 e. The molecule has 6 heteroatoms. The number of carbonyl (C=O) groups is 1. The van der Waals surface area contributed by atoms with Crippen LogP contribution in [0.5, 0.6) is 0 Å². The second-order valence-corrected chi connectivity index (χ2v) is 4.48. The molecule has 0 saturated carbocycles. The van der Waals surface area contributed by atoms with E-state index in [9.17, 15) is 4.79 Å². The van der Waals surface area contributed by atoms with Gasteiger partial charge in [0.05, 0.1) is 12.8 Å². The fraction of sp³-hybridized carbons (Fsp3) is 0.286. The van der Waals surface area contributed by atoms with Gasteiger partial charge in [0.15, 0.2) is 11.5 Å². The molecule has 0 radical (unpaired) electrons. The zero-order valence-electron chi connectivity index (χ0n) is 11.1. The second-order valence-electron chi connectivity index (χ2n) is 4.48. The van der Waals surface area contributed by atoms with Gasteiger partial charge < -0.3 is 10.1 Å². The first kappa shape index (κ1) is 12.7. The predicted molar refractivity (Wildman–Crippen MR) is 72.0 cm³/mol. The van der Waals surface area contributed by atoms with Crippen LogP contribution < -0.4 is 5.32 Å². The van der Waals surface area contributed by atoms with Gasteiger partial charge >= 0.3 is 5.97 Å². The molecule has 3 rings (SSSR count). The molecule has 0 aliphatic carbocycles. The summed E-state index contributed by atoms with van der Waals surface area (Å²) in [5.74, 6) is 0.108. The van der Waals surface area contributed by atoms with Gasteiger partial charge in [-0.05, 0) is 25.1 Å². The highest BCUT2D eigenvalue weighted by atomic mass is 16.5. The Morgan fingerprint density at radius 3 is 2.85 bits per heavy atom. The Hall–Kier alpha value is -2.34. The van der Waals surface area contributed by atoms with Crippen LogP contribution in [0.25, 0.3) is 11.4 Å². The van der Waals surface area contributed by atoms with Crippen molar-refractivity contribution < 1.29 is 9.53 Å². The van der Waals surface area contributed by atoms with E-state index in [0.29, 0.717) is 18.1 Å². The maximum absolute atomic E-state index is 11.9. The summed E-state index contributed by atoms with van der Waals surface area (Å²) in [7, 11) is 1.37. The molecule has 2 aromatic heterocycles. The molecule has 0 amide bonds. The van der Waals surface area contributed by atoms with Gasteiger partial charge in [-0.25, -0.2) is 14.8 Å². The van der Waals surface area contributed by atoms with Gasteiger partial charge in [-0.2, -0.15) is 0 Å². The zero-order chi connectivity index (χ0) is 13.9. The summed E-state index contributed by atoms with van der Waals surface area (Å²) in [6.45, 7) is 1.45. The van der Waals surface area contributed by atoms with Crippen LogP contribution in [-0.4, -0.2) is 34.6 Å². The summed E-state index contributed by atoms with van der Waals surface area (Å²) >= 11 is 0. The average Bonchev–Trinajstić information content (AvgIpc) is 2.54. The molecule has 20 heavy (non-hydrogen) atoms. The third kappa shape index (κ3) is 2.25. The van der Waals surface area contributed by atoms with Crippen LogP contribution in [0.3, 0.4) is 0 Å². The Morgan fingerprint density at radius 1 is 1.30 bits per heavy atom. The summed E-state index contributed by atoms with van der Waals surface area (Å²) in [6, 6.07) is 3.64. The number of carbonyl (C=O) groups excluding carboxylic acids is 1. The van der Waals surface area contributed by atoms with E-state index in [0.717, 1.165) is 29.8 Å². The quantitative estimate of drug-likeness (QED) is 0.819. The first-order chi connectivity index (χ1) is 9.79. The predicted octanol–water partition coefficient (Wildman–Crippen LogP) is 0.971. The molecule has 1 aliphatic rings. The van der Waals surface area contributed by atoms with Gasteiger partial charge in [0.1, 0.15) is 0 Å². The fourth-order valence-corrected chi connectivity index (χ4v) is 2.26. The molecular weight excluding hydrogens is 256 g/mol. The molecule has 3 heterocycles. The minimum absolute atomic E-state index is 0.366. The summed E-state index contributed by atoms with van der Waals surface area (Å²) < 4.78 is 4.83. The number of methoxy groups -OCH3 is 1. The number of fused-ring (bicyclic) bond motifs is 1. The van der Waals surface area contributed by atoms with Crippen LogP contribution in [0.4, 0.5) is 0 Å². The average molecular weight is 270 g/mol. The van der Waals surface area contributed by atoms with E-state index in [-0.39, 0.29) is 0 Å². The lowest BCUT2D eigenvalue weighted by Crippen LogP contribution is -2.28. The third-order valence-electron chi connectivity index (χ3n) is 3.25. The van der Waals surface area contributed by atoms with Crippen LogP contribution in [-0.2, 0) is 17.7 Å². The number of nitrogens with zero attached hydrogens (tertiary/aromatic N) is 3. The third-order valence-corrected chi connectivity index (χ3v) is 3.25. The molecule has 102 valence electrons. The van der Waals surface area contributed by atoms with Gasteiger partial charge in [0.2, 0.25) is 0 Å².